The lowest BCUT2D eigenvalue weighted by Crippen LogP contribution is -2.37. The summed E-state index contributed by atoms with van der Waals surface area (Å²) in [7, 11) is 0. The first-order valence-electron chi connectivity index (χ1n) is 9.69. The van der Waals surface area contributed by atoms with Gasteiger partial charge in [-0.25, -0.2) is 4.98 Å². The molecule has 150 valence electrons. The van der Waals surface area contributed by atoms with E-state index < -0.39 is 0 Å². The van der Waals surface area contributed by atoms with Crippen LogP contribution in [0.3, 0.4) is 0 Å². The van der Waals surface area contributed by atoms with Gasteiger partial charge < -0.3 is 19.5 Å². The monoisotopic (exact) mass is 393 g/mol. The Hall–Kier alpha value is -3.42. The van der Waals surface area contributed by atoms with Crippen LogP contribution >= 0.6 is 0 Å². The third-order valence-corrected chi connectivity index (χ3v) is 4.80. The molecular weight excluding hydrogens is 370 g/mol. The van der Waals surface area contributed by atoms with Crippen LogP contribution in [0.4, 0.5) is 5.82 Å². The van der Waals surface area contributed by atoms with Gasteiger partial charge in [-0.3, -0.25) is 4.79 Å². The van der Waals surface area contributed by atoms with Gasteiger partial charge in [-0.15, -0.1) is 0 Å². The standard InChI is InChI=1S/C21H23N5O3/c1-3-28-18-9-5-4-7-16(18)20(27)24-15-10-12-26(13-15)19-17(8-6-11-22-19)21-23-14(2)25-29-21/h4-9,11,15H,3,10,12-13H2,1-2H3,(H,24,27)/t15-/m1/s1. The van der Waals surface area contributed by atoms with Gasteiger partial charge in [-0.2, -0.15) is 4.98 Å². The summed E-state index contributed by atoms with van der Waals surface area (Å²) >= 11 is 0. The summed E-state index contributed by atoms with van der Waals surface area (Å²) in [6, 6.07) is 11.1. The molecule has 1 amide bonds. The van der Waals surface area contributed by atoms with Crippen molar-refractivity contribution in [3.8, 4) is 17.2 Å². The van der Waals surface area contributed by atoms with Crippen LogP contribution in [0, 0.1) is 6.92 Å². The number of nitrogens with zero attached hydrogens (tertiary/aromatic N) is 4. The largest absolute Gasteiger partial charge is 0.493 e. The lowest BCUT2D eigenvalue weighted by molar-refractivity contribution is 0.0936. The first-order chi connectivity index (χ1) is 14.2. The second kappa shape index (κ2) is 8.30. The van der Waals surface area contributed by atoms with E-state index in [0.29, 0.717) is 36.2 Å². The Morgan fingerprint density at radius 2 is 2.17 bits per heavy atom. The predicted octanol–water partition coefficient (Wildman–Crippen LogP) is 2.85. The second-order valence-corrected chi connectivity index (χ2v) is 6.86. The number of carbonyl (C=O) groups is 1. The van der Waals surface area contributed by atoms with Crippen molar-refractivity contribution < 1.29 is 14.1 Å². The molecule has 1 saturated heterocycles. The molecule has 0 bridgehead atoms. The SMILES string of the molecule is CCOc1ccccc1C(=O)N[C@@H]1CCN(c2ncccc2-c2nc(C)no2)C1. The molecule has 1 N–H and O–H groups in total. The van der Waals surface area contributed by atoms with Crippen molar-refractivity contribution in [3.63, 3.8) is 0 Å². The van der Waals surface area contributed by atoms with Crippen LogP contribution in [-0.4, -0.2) is 46.8 Å². The first kappa shape index (κ1) is 18.9. The predicted molar refractivity (Wildman–Crippen MR) is 108 cm³/mol. The number of pyridine rings is 1. The molecule has 4 rings (SSSR count). The van der Waals surface area contributed by atoms with Gasteiger partial charge >= 0.3 is 0 Å². The highest BCUT2D eigenvalue weighted by molar-refractivity contribution is 5.97. The zero-order chi connectivity index (χ0) is 20.2. The number of ether oxygens (including phenoxy) is 1. The van der Waals surface area contributed by atoms with E-state index >= 15 is 0 Å². The molecule has 0 spiro atoms. The molecule has 1 aliphatic rings. The molecule has 1 atom stereocenters. The van der Waals surface area contributed by atoms with E-state index in [1.165, 1.54) is 0 Å². The van der Waals surface area contributed by atoms with Gasteiger partial charge in [-0.05, 0) is 44.5 Å². The quantitative estimate of drug-likeness (QED) is 0.688. The summed E-state index contributed by atoms with van der Waals surface area (Å²) in [6.07, 6.45) is 2.56. The van der Waals surface area contributed by atoms with E-state index in [-0.39, 0.29) is 11.9 Å². The van der Waals surface area contributed by atoms with Crippen LogP contribution in [0.25, 0.3) is 11.5 Å². The third kappa shape index (κ3) is 4.06. The van der Waals surface area contributed by atoms with Crippen molar-refractivity contribution in [2.45, 2.75) is 26.3 Å². The Morgan fingerprint density at radius 1 is 1.31 bits per heavy atom. The molecular formula is C21H23N5O3. The normalized spacial score (nSPS) is 16.1. The first-order valence-corrected chi connectivity index (χ1v) is 9.69. The number of aryl methyl sites for hydroxylation is 1. The van der Waals surface area contributed by atoms with Gasteiger partial charge in [0.2, 0.25) is 0 Å². The van der Waals surface area contributed by atoms with Crippen LogP contribution in [0.2, 0.25) is 0 Å². The molecule has 0 aliphatic carbocycles. The number of benzene rings is 1. The van der Waals surface area contributed by atoms with Crippen LogP contribution in [0.15, 0.2) is 47.1 Å². The smallest absolute Gasteiger partial charge is 0.261 e. The summed E-state index contributed by atoms with van der Waals surface area (Å²) in [5.41, 5.74) is 1.34. The van der Waals surface area contributed by atoms with Gasteiger partial charge in [0.05, 0.1) is 17.7 Å². The molecule has 1 aromatic carbocycles. The Bertz CT molecular complexity index is 1000. The summed E-state index contributed by atoms with van der Waals surface area (Å²) in [4.78, 5) is 23.7. The molecule has 0 radical (unpaired) electrons. The highest BCUT2D eigenvalue weighted by atomic mass is 16.5. The fraction of sp³-hybridized carbons (Fsp3) is 0.333. The second-order valence-electron chi connectivity index (χ2n) is 6.86. The number of carbonyl (C=O) groups excluding carboxylic acids is 1. The van der Waals surface area contributed by atoms with Crippen molar-refractivity contribution in [2.24, 2.45) is 0 Å². The summed E-state index contributed by atoms with van der Waals surface area (Å²) in [6.45, 7) is 5.62. The van der Waals surface area contributed by atoms with Gasteiger partial charge in [0.25, 0.3) is 11.8 Å². The van der Waals surface area contributed by atoms with E-state index in [0.717, 1.165) is 24.3 Å². The molecule has 3 heterocycles. The number of hydrogen-bond acceptors (Lipinski definition) is 7. The number of para-hydroxylation sites is 1. The Morgan fingerprint density at radius 3 is 2.97 bits per heavy atom. The number of amides is 1. The molecule has 1 aliphatic heterocycles. The van der Waals surface area contributed by atoms with Crippen LogP contribution < -0.4 is 15.0 Å². The average Bonchev–Trinajstić information content (AvgIpc) is 3.38. The van der Waals surface area contributed by atoms with Gasteiger partial charge in [-0.1, -0.05) is 17.3 Å². The fourth-order valence-electron chi connectivity index (χ4n) is 3.49. The topological polar surface area (TPSA) is 93.4 Å². The Labute approximate surface area is 168 Å². The zero-order valence-corrected chi connectivity index (χ0v) is 16.5. The average molecular weight is 393 g/mol. The molecule has 2 aromatic heterocycles. The van der Waals surface area contributed by atoms with Gasteiger partial charge in [0.15, 0.2) is 5.82 Å². The van der Waals surface area contributed by atoms with E-state index in [9.17, 15) is 4.79 Å². The maximum Gasteiger partial charge on any atom is 0.261 e. The van der Waals surface area contributed by atoms with Crippen LogP contribution in [-0.2, 0) is 0 Å². The van der Waals surface area contributed by atoms with E-state index in [1.807, 2.05) is 37.3 Å². The molecule has 8 nitrogen and oxygen atoms in total. The number of nitrogens with one attached hydrogen (secondary N) is 1. The van der Waals surface area contributed by atoms with E-state index in [4.69, 9.17) is 9.26 Å². The Balaban J connectivity index is 1.47. The zero-order valence-electron chi connectivity index (χ0n) is 16.5. The van der Waals surface area contributed by atoms with Crippen LogP contribution in [0.5, 0.6) is 5.75 Å². The minimum atomic E-state index is -0.130. The van der Waals surface area contributed by atoms with Crippen molar-refractivity contribution in [1.82, 2.24) is 20.4 Å². The summed E-state index contributed by atoms with van der Waals surface area (Å²) < 4.78 is 10.9. The summed E-state index contributed by atoms with van der Waals surface area (Å²) in [5.74, 6) is 2.27. The van der Waals surface area contributed by atoms with Gasteiger partial charge in [0, 0.05) is 25.3 Å². The summed E-state index contributed by atoms with van der Waals surface area (Å²) in [5, 5.41) is 6.99. The van der Waals surface area contributed by atoms with Crippen molar-refractivity contribution in [3.05, 3.63) is 54.0 Å². The van der Waals surface area contributed by atoms with Gasteiger partial charge in [0.1, 0.15) is 11.6 Å². The lowest BCUT2D eigenvalue weighted by atomic mass is 10.1. The number of anilines is 1. The van der Waals surface area contributed by atoms with Crippen molar-refractivity contribution in [2.75, 3.05) is 24.6 Å². The van der Waals surface area contributed by atoms with Crippen LogP contribution in [0.1, 0.15) is 29.5 Å². The highest BCUT2D eigenvalue weighted by Gasteiger charge is 2.28. The minimum absolute atomic E-state index is 0.0106. The fourth-order valence-corrected chi connectivity index (χ4v) is 3.49. The molecule has 1 fully saturated rings. The third-order valence-electron chi connectivity index (χ3n) is 4.80. The van der Waals surface area contributed by atoms with E-state index in [1.54, 1.807) is 19.2 Å². The maximum absolute atomic E-state index is 12.8. The number of rotatable bonds is 6. The Kier molecular flexibility index (Phi) is 5.41. The molecule has 0 unspecified atom stereocenters. The molecule has 8 heteroatoms. The molecule has 3 aromatic rings. The minimum Gasteiger partial charge on any atom is -0.493 e. The number of aromatic nitrogens is 3. The highest BCUT2D eigenvalue weighted by Crippen LogP contribution is 2.30. The van der Waals surface area contributed by atoms with E-state index in [2.05, 4.69) is 25.3 Å². The lowest BCUT2D eigenvalue weighted by Gasteiger charge is -2.20. The van der Waals surface area contributed by atoms with Crippen molar-refractivity contribution >= 4 is 11.7 Å². The molecule has 29 heavy (non-hydrogen) atoms. The molecule has 0 saturated carbocycles. The van der Waals surface area contributed by atoms with Crippen molar-refractivity contribution in [1.29, 1.82) is 0 Å². The maximum atomic E-state index is 12.8. The number of hydrogen-bond donors (Lipinski definition) is 1.